The van der Waals surface area contributed by atoms with E-state index in [2.05, 4.69) is 4.98 Å². The molecule has 0 atom stereocenters. The maximum absolute atomic E-state index is 10.9. The van der Waals surface area contributed by atoms with Crippen molar-refractivity contribution in [2.24, 2.45) is 5.73 Å². The monoisotopic (exact) mass is 223 g/mol. The lowest BCUT2D eigenvalue weighted by Gasteiger charge is -1.88. The van der Waals surface area contributed by atoms with Crippen LogP contribution in [0.15, 0.2) is 21.0 Å². The lowest BCUT2D eigenvalue weighted by molar-refractivity contribution is 0.0996. The van der Waals surface area contributed by atoms with Gasteiger partial charge in [-0.2, -0.15) is 4.98 Å². The summed E-state index contributed by atoms with van der Waals surface area (Å²) in [7, 11) is 0. The van der Waals surface area contributed by atoms with Crippen molar-refractivity contribution in [3.8, 4) is 11.7 Å². The van der Waals surface area contributed by atoms with Crippen LogP contribution in [0.25, 0.3) is 11.7 Å². The number of aliphatic hydroxyl groups excluding tert-OH is 1. The van der Waals surface area contributed by atoms with Crippen LogP contribution in [-0.2, 0) is 6.61 Å². The highest BCUT2D eigenvalue weighted by Gasteiger charge is 2.18. The molecule has 1 amide bonds. The van der Waals surface area contributed by atoms with Gasteiger partial charge >= 0.3 is 0 Å². The van der Waals surface area contributed by atoms with Gasteiger partial charge in [-0.15, -0.1) is 0 Å². The van der Waals surface area contributed by atoms with E-state index in [0.29, 0.717) is 5.76 Å². The first-order chi connectivity index (χ1) is 7.61. The second-order valence-electron chi connectivity index (χ2n) is 3.02. The van der Waals surface area contributed by atoms with Gasteiger partial charge in [0, 0.05) is 0 Å². The number of carbonyl (C=O) groups is 1. The number of aromatic nitrogens is 1. The number of hydrogen-bond donors (Lipinski definition) is 3. The molecule has 7 heteroatoms. The number of rotatable bonds is 3. The minimum Gasteiger partial charge on any atom is -0.454 e. The molecule has 0 unspecified atom stereocenters. The van der Waals surface area contributed by atoms with Crippen molar-refractivity contribution in [2.75, 3.05) is 5.73 Å². The molecule has 2 aromatic rings. The largest absolute Gasteiger partial charge is 0.454 e. The lowest BCUT2D eigenvalue weighted by atomic mass is 10.4. The molecule has 7 nitrogen and oxygen atoms in total. The number of furan rings is 1. The fraction of sp³-hybridized carbons (Fsp3) is 0.111. The Kier molecular flexibility index (Phi) is 2.37. The van der Waals surface area contributed by atoms with Gasteiger partial charge in [-0.1, -0.05) is 0 Å². The van der Waals surface area contributed by atoms with Gasteiger partial charge < -0.3 is 25.4 Å². The molecule has 0 bridgehead atoms. The maximum atomic E-state index is 10.9. The van der Waals surface area contributed by atoms with Crippen molar-refractivity contribution in [1.82, 2.24) is 4.98 Å². The summed E-state index contributed by atoms with van der Waals surface area (Å²) in [5.74, 6) is -0.271. The van der Waals surface area contributed by atoms with Gasteiger partial charge in [0.1, 0.15) is 12.4 Å². The van der Waals surface area contributed by atoms with E-state index in [1.165, 1.54) is 0 Å². The number of nitrogen functional groups attached to an aromatic ring is 1. The van der Waals surface area contributed by atoms with Gasteiger partial charge in [0.25, 0.3) is 11.8 Å². The summed E-state index contributed by atoms with van der Waals surface area (Å²) < 4.78 is 10.2. The molecule has 2 rings (SSSR count). The van der Waals surface area contributed by atoms with Crippen LogP contribution in [0.1, 0.15) is 16.2 Å². The van der Waals surface area contributed by atoms with Crippen LogP contribution in [-0.4, -0.2) is 16.0 Å². The van der Waals surface area contributed by atoms with Gasteiger partial charge in [0.15, 0.2) is 11.5 Å². The molecule has 2 aromatic heterocycles. The molecule has 0 spiro atoms. The summed E-state index contributed by atoms with van der Waals surface area (Å²) in [6.07, 6.45) is 0. The number of aliphatic hydroxyl groups is 1. The fourth-order valence-electron chi connectivity index (χ4n) is 1.19. The second-order valence-corrected chi connectivity index (χ2v) is 3.02. The van der Waals surface area contributed by atoms with Crippen LogP contribution in [0.4, 0.5) is 5.88 Å². The zero-order valence-corrected chi connectivity index (χ0v) is 8.14. The van der Waals surface area contributed by atoms with Gasteiger partial charge in [-0.3, -0.25) is 4.79 Å². The van der Waals surface area contributed by atoms with Crippen molar-refractivity contribution in [1.29, 1.82) is 0 Å². The van der Waals surface area contributed by atoms with E-state index in [-0.39, 0.29) is 29.8 Å². The predicted molar refractivity (Wildman–Crippen MR) is 53.1 cm³/mol. The third-order valence-corrected chi connectivity index (χ3v) is 1.92. The van der Waals surface area contributed by atoms with E-state index in [9.17, 15) is 4.79 Å². The fourth-order valence-corrected chi connectivity index (χ4v) is 1.19. The van der Waals surface area contributed by atoms with Crippen LogP contribution in [0, 0.1) is 0 Å². The molecule has 84 valence electrons. The highest BCUT2D eigenvalue weighted by molar-refractivity contribution is 5.95. The van der Waals surface area contributed by atoms with Crippen molar-refractivity contribution in [3.63, 3.8) is 0 Å². The first-order valence-electron chi connectivity index (χ1n) is 4.38. The average molecular weight is 223 g/mol. The van der Waals surface area contributed by atoms with E-state index in [0.717, 1.165) is 0 Å². The van der Waals surface area contributed by atoms with Gasteiger partial charge in [0.05, 0.1) is 0 Å². The van der Waals surface area contributed by atoms with Crippen molar-refractivity contribution < 1.29 is 18.7 Å². The average Bonchev–Trinajstić information content (AvgIpc) is 2.83. The van der Waals surface area contributed by atoms with E-state index in [1.807, 2.05) is 0 Å². The van der Waals surface area contributed by atoms with Crippen molar-refractivity contribution in [3.05, 3.63) is 23.6 Å². The molecule has 16 heavy (non-hydrogen) atoms. The minimum absolute atomic E-state index is 0.0472. The topological polar surface area (TPSA) is 129 Å². The summed E-state index contributed by atoms with van der Waals surface area (Å²) in [5.41, 5.74) is 10.3. The summed E-state index contributed by atoms with van der Waals surface area (Å²) in [6, 6.07) is 3.10. The molecule has 0 radical (unpaired) electrons. The number of amides is 1. The summed E-state index contributed by atoms with van der Waals surface area (Å²) in [4.78, 5) is 14.7. The number of hydrogen-bond acceptors (Lipinski definition) is 6. The van der Waals surface area contributed by atoms with E-state index in [4.69, 9.17) is 25.4 Å². The zero-order chi connectivity index (χ0) is 11.7. The quantitative estimate of drug-likeness (QED) is 0.677. The van der Waals surface area contributed by atoms with Crippen molar-refractivity contribution >= 4 is 11.8 Å². The smallest absolute Gasteiger partial charge is 0.273 e. The summed E-state index contributed by atoms with van der Waals surface area (Å²) >= 11 is 0. The van der Waals surface area contributed by atoms with Gasteiger partial charge in [-0.25, -0.2) is 0 Å². The molecular formula is C9H9N3O4. The number of anilines is 1. The third kappa shape index (κ3) is 1.63. The van der Waals surface area contributed by atoms with Gasteiger partial charge in [-0.05, 0) is 12.1 Å². The van der Waals surface area contributed by atoms with Crippen LogP contribution in [0.2, 0.25) is 0 Å². The predicted octanol–water partition coefficient (Wildman–Crippen LogP) is 0.108. The highest BCUT2D eigenvalue weighted by Crippen LogP contribution is 2.25. The van der Waals surface area contributed by atoms with Crippen LogP contribution < -0.4 is 11.5 Å². The van der Waals surface area contributed by atoms with Crippen LogP contribution >= 0.6 is 0 Å². The Balaban J connectivity index is 2.41. The number of nitrogens with two attached hydrogens (primary N) is 2. The van der Waals surface area contributed by atoms with Crippen LogP contribution in [0.3, 0.4) is 0 Å². The first-order valence-corrected chi connectivity index (χ1v) is 4.38. The molecule has 5 N–H and O–H groups in total. The Morgan fingerprint density at radius 1 is 1.44 bits per heavy atom. The molecule has 0 aliphatic carbocycles. The van der Waals surface area contributed by atoms with E-state index in [1.54, 1.807) is 12.1 Å². The number of nitrogens with zero attached hydrogens (tertiary/aromatic N) is 1. The summed E-state index contributed by atoms with van der Waals surface area (Å²) in [5, 5.41) is 8.80. The minimum atomic E-state index is -0.776. The molecule has 0 aromatic carbocycles. The summed E-state index contributed by atoms with van der Waals surface area (Å²) in [6.45, 7) is -0.237. The normalized spacial score (nSPS) is 10.6. The molecule has 2 heterocycles. The molecule has 0 aliphatic heterocycles. The number of oxazole rings is 1. The lowest BCUT2D eigenvalue weighted by Crippen LogP contribution is -2.13. The number of primary amides is 1. The van der Waals surface area contributed by atoms with Crippen molar-refractivity contribution in [2.45, 2.75) is 6.61 Å². The first kappa shape index (κ1) is 10.2. The molecule has 0 fully saturated rings. The van der Waals surface area contributed by atoms with Crippen LogP contribution in [0.5, 0.6) is 0 Å². The third-order valence-electron chi connectivity index (χ3n) is 1.92. The SMILES string of the molecule is NC(=O)c1nc(-c2ccc(CO)o2)oc1N. The number of carbonyl (C=O) groups excluding carboxylic acids is 1. The molecule has 0 saturated carbocycles. The molecule has 0 saturated heterocycles. The molecular weight excluding hydrogens is 214 g/mol. The Morgan fingerprint density at radius 3 is 2.69 bits per heavy atom. The Labute approximate surface area is 89.7 Å². The Bertz CT molecular complexity index is 529. The maximum Gasteiger partial charge on any atom is 0.273 e. The highest BCUT2D eigenvalue weighted by atomic mass is 16.4. The van der Waals surface area contributed by atoms with Gasteiger partial charge in [0.2, 0.25) is 5.88 Å². The Hall–Kier alpha value is -2.28. The van der Waals surface area contributed by atoms with E-state index < -0.39 is 5.91 Å². The molecule has 0 aliphatic rings. The van der Waals surface area contributed by atoms with E-state index >= 15 is 0 Å². The zero-order valence-electron chi connectivity index (χ0n) is 8.14. The Morgan fingerprint density at radius 2 is 2.19 bits per heavy atom. The second kappa shape index (κ2) is 3.70. The standard InChI is InChI=1S/C9H9N3O4/c10-7(14)6-8(11)16-9(12-6)5-2-1-4(3-13)15-5/h1-2,13H,3,11H2,(H2,10,14).